The number of hydrogen-bond donors (Lipinski definition) is 3. The number of rotatable bonds is 9. The van der Waals surface area contributed by atoms with Crippen molar-refractivity contribution in [1.29, 1.82) is 0 Å². The van der Waals surface area contributed by atoms with Crippen molar-refractivity contribution in [2.75, 3.05) is 0 Å². The fourth-order valence-corrected chi connectivity index (χ4v) is 2.94. The third kappa shape index (κ3) is 7.03. The molecule has 0 saturated heterocycles. The third-order valence-corrected chi connectivity index (χ3v) is 4.45. The van der Waals surface area contributed by atoms with E-state index in [4.69, 9.17) is 0 Å². The summed E-state index contributed by atoms with van der Waals surface area (Å²) in [4.78, 5) is 0. The standard InChI is InChI=1S/C23H30O3/c1-23(2,26)14-5-3-4-7-18-8-6-9-19(15-18)10-11-20-12-13-22(25)21(16-20)17-24/h6,8-13,15-16,24-26H,3-5,7,14,17H2,1-2H3. The second-order valence-electron chi connectivity index (χ2n) is 7.50. The van der Waals surface area contributed by atoms with Gasteiger partial charge in [-0.25, -0.2) is 0 Å². The van der Waals surface area contributed by atoms with Gasteiger partial charge in [-0.1, -0.05) is 55.3 Å². The van der Waals surface area contributed by atoms with Crippen molar-refractivity contribution < 1.29 is 15.3 Å². The Balaban J connectivity index is 1.90. The van der Waals surface area contributed by atoms with Crippen LogP contribution in [0.2, 0.25) is 0 Å². The number of aliphatic hydroxyl groups is 2. The van der Waals surface area contributed by atoms with Gasteiger partial charge < -0.3 is 15.3 Å². The van der Waals surface area contributed by atoms with E-state index in [2.05, 4.69) is 24.3 Å². The number of aromatic hydroxyl groups is 1. The van der Waals surface area contributed by atoms with E-state index in [1.54, 1.807) is 12.1 Å². The van der Waals surface area contributed by atoms with Gasteiger partial charge in [0.15, 0.2) is 0 Å². The fraction of sp³-hybridized carbons (Fsp3) is 0.391. The monoisotopic (exact) mass is 354 g/mol. The van der Waals surface area contributed by atoms with Crippen LogP contribution in [0, 0.1) is 0 Å². The first-order valence-corrected chi connectivity index (χ1v) is 9.29. The van der Waals surface area contributed by atoms with Crippen molar-refractivity contribution in [2.45, 2.75) is 58.2 Å². The van der Waals surface area contributed by atoms with Crippen LogP contribution < -0.4 is 0 Å². The maximum atomic E-state index is 9.74. The SMILES string of the molecule is CC(C)(O)CCCCCc1cccc(C=Cc2ccc(O)c(CO)c2)c1. The van der Waals surface area contributed by atoms with E-state index in [0.717, 1.165) is 43.2 Å². The predicted molar refractivity (Wildman–Crippen MR) is 108 cm³/mol. The second-order valence-corrected chi connectivity index (χ2v) is 7.50. The Hall–Kier alpha value is -2.10. The Morgan fingerprint density at radius 2 is 1.65 bits per heavy atom. The molecule has 2 aromatic rings. The first kappa shape index (κ1) is 20.2. The number of hydrogen-bond acceptors (Lipinski definition) is 3. The molecule has 0 aliphatic heterocycles. The first-order valence-electron chi connectivity index (χ1n) is 9.29. The lowest BCUT2D eigenvalue weighted by Crippen LogP contribution is -2.17. The van der Waals surface area contributed by atoms with Gasteiger partial charge in [0.1, 0.15) is 5.75 Å². The Labute approximate surface area is 156 Å². The highest BCUT2D eigenvalue weighted by molar-refractivity contribution is 5.70. The Morgan fingerprint density at radius 1 is 0.923 bits per heavy atom. The second kappa shape index (κ2) is 9.56. The summed E-state index contributed by atoms with van der Waals surface area (Å²) in [6.07, 6.45) is 9.23. The van der Waals surface area contributed by atoms with Crippen molar-refractivity contribution in [1.82, 2.24) is 0 Å². The minimum Gasteiger partial charge on any atom is -0.508 e. The van der Waals surface area contributed by atoms with E-state index in [1.165, 1.54) is 5.56 Å². The Kier molecular flexibility index (Phi) is 7.43. The summed E-state index contributed by atoms with van der Waals surface area (Å²) in [5.41, 5.74) is 3.38. The predicted octanol–water partition coefficient (Wildman–Crippen LogP) is 4.93. The first-order chi connectivity index (χ1) is 12.4. The molecule has 0 spiro atoms. The van der Waals surface area contributed by atoms with Crippen molar-refractivity contribution >= 4 is 12.2 Å². The van der Waals surface area contributed by atoms with Crippen LogP contribution in [0.25, 0.3) is 12.2 Å². The number of aryl methyl sites for hydroxylation is 1. The normalized spacial score (nSPS) is 12.0. The van der Waals surface area contributed by atoms with Gasteiger partial charge in [-0.2, -0.15) is 0 Å². The van der Waals surface area contributed by atoms with Crippen molar-refractivity contribution in [3.8, 4) is 5.75 Å². The zero-order chi connectivity index (χ0) is 19.0. The molecule has 2 aromatic carbocycles. The Bertz CT molecular complexity index is 726. The summed E-state index contributed by atoms with van der Waals surface area (Å²) in [5.74, 6) is 0.122. The number of aliphatic hydroxyl groups excluding tert-OH is 1. The van der Waals surface area contributed by atoms with Crippen LogP contribution in [0.1, 0.15) is 61.8 Å². The summed E-state index contributed by atoms with van der Waals surface area (Å²) in [7, 11) is 0. The fourth-order valence-electron chi connectivity index (χ4n) is 2.94. The van der Waals surface area contributed by atoms with Gasteiger partial charge in [0.05, 0.1) is 12.2 Å². The van der Waals surface area contributed by atoms with E-state index < -0.39 is 5.60 Å². The molecule has 0 saturated carbocycles. The smallest absolute Gasteiger partial charge is 0.121 e. The third-order valence-electron chi connectivity index (χ3n) is 4.45. The molecule has 3 heteroatoms. The van der Waals surface area contributed by atoms with Crippen LogP contribution in [-0.2, 0) is 13.0 Å². The molecule has 0 aliphatic carbocycles. The summed E-state index contributed by atoms with van der Waals surface area (Å²) < 4.78 is 0. The summed E-state index contributed by atoms with van der Waals surface area (Å²) in [6.45, 7) is 3.55. The van der Waals surface area contributed by atoms with Gasteiger partial charge in [-0.3, -0.25) is 0 Å². The molecular weight excluding hydrogens is 324 g/mol. The molecular formula is C23H30O3. The summed E-state index contributed by atoms with van der Waals surface area (Å²) in [6, 6.07) is 13.7. The number of unbranched alkanes of at least 4 members (excludes halogenated alkanes) is 2. The van der Waals surface area contributed by atoms with Crippen molar-refractivity contribution in [3.63, 3.8) is 0 Å². The number of benzene rings is 2. The molecule has 0 aliphatic rings. The molecule has 140 valence electrons. The lowest BCUT2D eigenvalue weighted by atomic mass is 9.98. The average Bonchev–Trinajstić information content (AvgIpc) is 2.60. The van der Waals surface area contributed by atoms with E-state index in [-0.39, 0.29) is 12.4 Å². The average molecular weight is 354 g/mol. The maximum absolute atomic E-state index is 9.74. The maximum Gasteiger partial charge on any atom is 0.121 e. The zero-order valence-electron chi connectivity index (χ0n) is 15.8. The highest BCUT2D eigenvalue weighted by atomic mass is 16.3. The molecule has 0 radical (unpaired) electrons. The van der Waals surface area contributed by atoms with E-state index in [9.17, 15) is 15.3 Å². The molecule has 0 heterocycles. The molecule has 0 fully saturated rings. The molecule has 3 nitrogen and oxygen atoms in total. The van der Waals surface area contributed by atoms with Crippen molar-refractivity contribution in [3.05, 3.63) is 64.7 Å². The summed E-state index contributed by atoms with van der Waals surface area (Å²) >= 11 is 0. The van der Waals surface area contributed by atoms with Gasteiger partial charge in [0.2, 0.25) is 0 Å². The lowest BCUT2D eigenvalue weighted by Gasteiger charge is -2.16. The molecule has 0 bridgehead atoms. The van der Waals surface area contributed by atoms with E-state index in [1.807, 2.05) is 32.1 Å². The van der Waals surface area contributed by atoms with E-state index in [0.29, 0.717) is 5.56 Å². The number of phenols is 1. The summed E-state index contributed by atoms with van der Waals surface area (Å²) in [5, 5.41) is 28.6. The van der Waals surface area contributed by atoms with Crippen LogP contribution in [0.3, 0.4) is 0 Å². The van der Waals surface area contributed by atoms with Crippen LogP contribution >= 0.6 is 0 Å². The van der Waals surface area contributed by atoms with Crippen LogP contribution in [0.4, 0.5) is 0 Å². The van der Waals surface area contributed by atoms with Gasteiger partial charge in [-0.15, -0.1) is 0 Å². The van der Waals surface area contributed by atoms with Crippen LogP contribution in [-0.4, -0.2) is 20.9 Å². The minimum absolute atomic E-state index is 0.122. The van der Waals surface area contributed by atoms with Crippen molar-refractivity contribution in [2.24, 2.45) is 0 Å². The van der Waals surface area contributed by atoms with Crippen LogP contribution in [0.15, 0.2) is 42.5 Å². The lowest BCUT2D eigenvalue weighted by molar-refractivity contribution is 0.0681. The molecule has 0 amide bonds. The molecule has 3 N–H and O–H groups in total. The van der Waals surface area contributed by atoms with Gasteiger partial charge in [-0.05, 0) is 61.9 Å². The zero-order valence-corrected chi connectivity index (χ0v) is 15.8. The molecule has 0 aromatic heterocycles. The molecule has 0 atom stereocenters. The molecule has 26 heavy (non-hydrogen) atoms. The van der Waals surface area contributed by atoms with Gasteiger partial charge in [0, 0.05) is 5.56 Å². The highest BCUT2D eigenvalue weighted by Gasteiger charge is 2.10. The van der Waals surface area contributed by atoms with Gasteiger partial charge in [0.25, 0.3) is 0 Å². The van der Waals surface area contributed by atoms with E-state index >= 15 is 0 Å². The Morgan fingerprint density at radius 3 is 2.35 bits per heavy atom. The molecule has 2 rings (SSSR count). The van der Waals surface area contributed by atoms with Gasteiger partial charge >= 0.3 is 0 Å². The largest absolute Gasteiger partial charge is 0.508 e. The topological polar surface area (TPSA) is 60.7 Å². The molecule has 0 unspecified atom stereocenters. The quantitative estimate of drug-likeness (QED) is 0.442. The highest BCUT2D eigenvalue weighted by Crippen LogP contribution is 2.20. The van der Waals surface area contributed by atoms with Crippen LogP contribution in [0.5, 0.6) is 5.75 Å². The minimum atomic E-state index is -0.561.